The molecule has 0 fully saturated rings. The Morgan fingerprint density at radius 2 is 2.00 bits per heavy atom. The van der Waals surface area contributed by atoms with E-state index < -0.39 is 0 Å². The van der Waals surface area contributed by atoms with Crippen LogP contribution in [0.3, 0.4) is 0 Å². The topological polar surface area (TPSA) is 72.9 Å². The van der Waals surface area contributed by atoms with E-state index in [4.69, 9.17) is 0 Å². The summed E-state index contributed by atoms with van der Waals surface area (Å²) < 4.78 is 17.5. The highest BCUT2D eigenvalue weighted by Gasteiger charge is 2.13. The number of imidazole rings is 1. The molecule has 0 unspecified atom stereocenters. The number of hydrogen-bond donors (Lipinski definition) is 1. The molecule has 0 saturated heterocycles. The van der Waals surface area contributed by atoms with Crippen LogP contribution < -0.4 is 5.32 Å². The largest absolute Gasteiger partial charge is 0.367 e. The monoisotopic (exact) mass is 323 g/mol. The Bertz CT molecular complexity index is 962. The zero-order valence-electron chi connectivity index (χ0n) is 12.7. The summed E-state index contributed by atoms with van der Waals surface area (Å²) in [4.78, 5) is 4.00. The van der Waals surface area contributed by atoms with Gasteiger partial charge in [0.25, 0.3) is 0 Å². The van der Waals surface area contributed by atoms with E-state index in [-0.39, 0.29) is 5.82 Å². The van der Waals surface area contributed by atoms with Gasteiger partial charge in [-0.05, 0) is 24.3 Å². The van der Waals surface area contributed by atoms with Crippen molar-refractivity contribution in [1.82, 2.24) is 29.4 Å². The van der Waals surface area contributed by atoms with Gasteiger partial charge in [-0.25, -0.2) is 9.37 Å². The Hall–Kier alpha value is -3.29. The van der Waals surface area contributed by atoms with E-state index >= 15 is 0 Å². The number of nitrogens with zero attached hydrogens (tertiary/aromatic N) is 6. The molecule has 0 spiro atoms. The second-order valence-electron chi connectivity index (χ2n) is 5.22. The molecule has 0 bridgehead atoms. The van der Waals surface area contributed by atoms with Crippen molar-refractivity contribution in [1.29, 1.82) is 0 Å². The molecule has 24 heavy (non-hydrogen) atoms. The van der Waals surface area contributed by atoms with Crippen LogP contribution >= 0.6 is 0 Å². The molecule has 8 heteroatoms. The van der Waals surface area contributed by atoms with Crippen LogP contribution in [0.4, 0.5) is 10.2 Å². The molecule has 0 aliphatic rings. The minimum atomic E-state index is -0.355. The van der Waals surface area contributed by atoms with Crippen LogP contribution in [0.25, 0.3) is 17.0 Å². The van der Waals surface area contributed by atoms with Crippen molar-refractivity contribution in [3.05, 3.63) is 60.9 Å². The molecule has 120 valence electrons. The number of nitrogens with one attached hydrogen (secondary N) is 1. The van der Waals surface area contributed by atoms with Crippen LogP contribution in [0.5, 0.6) is 0 Å². The van der Waals surface area contributed by atoms with Crippen molar-refractivity contribution < 1.29 is 4.39 Å². The third-order valence-electron chi connectivity index (χ3n) is 3.61. The van der Waals surface area contributed by atoms with Gasteiger partial charge < -0.3 is 9.88 Å². The Morgan fingerprint density at radius 3 is 2.83 bits per heavy atom. The smallest absolute Gasteiger partial charge is 0.188 e. The van der Waals surface area contributed by atoms with Gasteiger partial charge in [0.1, 0.15) is 11.6 Å². The lowest BCUT2D eigenvalue weighted by Gasteiger charge is -2.07. The van der Waals surface area contributed by atoms with Crippen LogP contribution in [0.15, 0.2) is 55.1 Å². The molecule has 7 nitrogen and oxygen atoms in total. The van der Waals surface area contributed by atoms with Gasteiger partial charge in [-0.15, -0.1) is 15.3 Å². The van der Waals surface area contributed by atoms with E-state index in [1.165, 1.54) is 10.6 Å². The molecule has 0 saturated carbocycles. The molecule has 1 aromatic carbocycles. The summed E-state index contributed by atoms with van der Waals surface area (Å²) in [5.41, 5.74) is 0.932. The van der Waals surface area contributed by atoms with Crippen molar-refractivity contribution >= 4 is 11.5 Å². The van der Waals surface area contributed by atoms with Crippen molar-refractivity contribution in [3.8, 4) is 11.4 Å². The number of hydrogen-bond acceptors (Lipinski definition) is 5. The highest BCUT2D eigenvalue weighted by atomic mass is 19.1. The number of aromatic nitrogens is 6. The van der Waals surface area contributed by atoms with Gasteiger partial charge in [-0.3, -0.25) is 0 Å². The molecule has 0 radical (unpaired) electrons. The van der Waals surface area contributed by atoms with Crippen LogP contribution in [0.1, 0.15) is 0 Å². The van der Waals surface area contributed by atoms with Crippen molar-refractivity contribution in [2.24, 2.45) is 0 Å². The lowest BCUT2D eigenvalue weighted by molar-refractivity contribution is 0.629. The van der Waals surface area contributed by atoms with Crippen molar-refractivity contribution in [2.45, 2.75) is 6.54 Å². The summed E-state index contributed by atoms with van der Waals surface area (Å²) >= 11 is 0. The molecule has 4 rings (SSSR count). The predicted molar refractivity (Wildman–Crippen MR) is 86.9 cm³/mol. The number of rotatable bonds is 5. The van der Waals surface area contributed by atoms with Gasteiger partial charge in [-0.1, -0.05) is 12.1 Å². The quantitative estimate of drug-likeness (QED) is 0.610. The molecule has 0 aliphatic carbocycles. The molecule has 0 atom stereocenters. The zero-order chi connectivity index (χ0) is 16.4. The van der Waals surface area contributed by atoms with E-state index in [1.54, 1.807) is 36.8 Å². The summed E-state index contributed by atoms with van der Waals surface area (Å²) in [5.74, 6) is 0.688. The van der Waals surface area contributed by atoms with Crippen LogP contribution in [-0.2, 0) is 6.54 Å². The van der Waals surface area contributed by atoms with E-state index in [0.717, 1.165) is 6.54 Å². The summed E-state index contributed by atoms with van der Waals surface area (Å²) in [6, 6.07) is 10.1. The van der Waals surface area contributed by atoms with E-state index in [9.17, 15) is 4.39 Å². The van der Waals surface area contributed by atoms with Gasteiger partial charge >= 0.3 is 0 Å². The predicted octanol–water partition coefficient (Wildman–Crippen LogP) is 2.24. The number of anilines is 1. The first kappa shape index (κ1) is 14.3. The molecule has 0 aliphatic heterocycles. The first-order valence-corrected chi connectivity index (χ1v) is 7.48. The lowest BCUT2D eigenvalue weighted by atomic mass is 10.2. The Balaban J connectivity index is 1.60. The van der Waals surface area contributed by atoms with E-state index in [0.29, 0.717) is 29.4 Å². The van der Waals surface area contributed by atoms with Gasteiger partial charge in [0.2, 0.25) is 0 Å². The van der Waals surface area contributed by atoms with E-state index in [2.05, 4.69) is 25.6 Å². The Kier molecular flexibility index (Phi) is 3.62. The molecule has 0 amide bonds. The molecular formula is C16H14FN7. The fraction of sp³-hybridized carbons (Fsp3) is 0.125. The minimum absolute atomic E-state index is 0.355. The second kappa shape index (κ2) is 6.07. The second-order valence-corrected chi connectivity index (χ2v) is 5.22. The average molecular weight is 323 g/mol. The third-order valence-corrected chi connectivity index (χ3v) is 3.61. The van der Waals surface area contributed by atoms with Gasteiger partial charge in [0, 0.05) is 25.5 Å². The highest BCUT2D eigenvalue weighted by molar-refractivity contribution is 5.60. The summed E-state index contributed by atoms with van der Waals surface area (Å²) in [6.45, 7) is 1.45. The van der Waals surface area contributed by atoms with Gasteiger partial charge in [-0.2, -0.15) is 4.52 Å². The van der Waals surface area contributed by atoms with Crippen LogP contribution in [0.2, 0.25) is 0 Å². The average Bonchev–Trinajstić information content (AvgIpc) is 3.25. The van der Waals surface area contributed by atoms with Crippen LogP contribution in [0, 0.1) is 5.82 Å². The maximum absolute atomic E-state index is 14.0. The van der Waals surface area contributed by atoms with Gasteiger partial charge in [0.15, 0.2) is 11.5 Å². The minimum Gasteiger partial charge on any atom is -0.367 e. The molecule has 1 N–H and O–H groups in total. The number of halogens is 1. The maximum Gasteiger partial charge on any atom is 0.188 e. The number of benzene rings is 1. The van der Waals surface area contributed by atoms with Crippen LogP contribution in [-0.4, -0.2) is 35.9 Å². The summed E-state index contributed by atoms with van der Waals surface area (Å²) in [7, 11) is 0. The standard InChI is InChI=1S/C16H14FN7/c17-13-4-2-1-3-12(13)16-21-20-15-6-5-14(22-24(15)16)19-8-10-23-9-7-18-11-23/h1-7,9,11H,8,10H2,(H,19,22). The first-order valence-electron chi connectivity index (χ1n) is 7.48. The van der Waals surface area contributed by atoms with Crippen molar-refractivity contribution in [3.63, 3.8) is 0 Å². The third kappa shape index (κ3) is 2.69. The number of fused-ring (bicyclic) bond motifs is 1. The summed E-state index contributed by atoms with van der Waals surface area (Å²) in [5, 5.41) is 15.8. The van der Waals surface area contributed by atoms with Gasteiger partial charge in [0.05, 0.1) is 11.9 Å². The molecule has 4 aromatic rings. The first-order chi connectivity index (χ1) is 11.8. The van der Waals surface area contributed by atoms with E-state index in [1.807, 2.05) is 16.8 Å². The highest BCUT2D eigenvalue weighted by Crippen LogP contribution is 2.21. The molecule has 3 aromatic heterocycles. The zero-order valence-corrected chi connectivity index (χ0v) is 12.7. The molecular weight excluding hydrogens is 309 g/mol. The Labute approximate surface area is 136 Å². The SMILES string of the molecule is Fc1ccccc1-c1nnc2ccc(NCCn3ccnc3)nn12. The van der Waals surface area contributed by atoms with Crippen molar-refractivity contribution in [2.75, 3.05) is 11.9 Å². The lowest BCUT2D eigenvalue weighted by Crippen LogP contribution is -2.11. The normalized spacial score (nSPS) is 11.0. The Morgan fingerprint density at radius 1 is 1.08 bits per heavy atom. The summed E-state index contributed by atoms with van der Waals surface area (Å²) in [6.07, 6.45) is 5.39. The molecule has 3 heterocycles. The fourth-order valence-electron chi connectivity index (χ4n) is 2.43. The fourth-order valence-corrected chi connectivity index (χ4v) is 2.43. The maximum atomic E-state index is 14.0.